The average molecular weight is 325 g/mol. The molecular formula is C20H27N3O. The number of piperazine rings is 1. The van der Waals surface area contributed by atoms with Crippen molar-refractivity contribution in [2.45, 2.75) is 19.4 Å². The van der Waals surface area contributed by atoms with E-state index in [1.54, 1.807) is 7.11 Å². The van der Waals surface area contributed by atoms with Gasteiger partial charge in [-0.25, -0.2) is 0 Å². The van der Waals surface area contributed by atoms with Gasteiger partial charge >= 0.3 is 0 Å². The molecule has 0 radical (unpaired) electrons. The van der Waals surface area contributed by atoms with E-state index in [0.717, 1.165) is 44.0 Å². The van der Waals surface area contributed by atoms with Gasteiger partial charge in [-0.05, 0) is 43.2 Å². The highest BCUT2D eigenvalue weighted by molar-refractivity contribution is 5.58. The summed E-state index contributed by atoms with van der Waals surface area (Å²) >= 11 is 0. The molecule has 0 aromatic heterocycles. The summed E-state index contributed by atoms with van der Waals surface area (Å²) in [6, 6.07) is 17.1. The van der Waals surface area contributed by atoms with Gasteiger partial charge < -0.3 is 15.4 Å². The van der Waals surface area contributed by atoms with Crippen molar-refractivity contribution in [2.24, 2.45) is 0 Å². The summed E-state index contributed by atoms with van der Waals surface area (Å²) in [5, 5.41) is 0. The SMILES string of the molecule is COc1ccccc1N1CCN(C(C)Cc2ccc(N)cc2)CC1. The second kappa shape index (κ2) is 7.58. The Morgan fingerprint density at radius 2 is 1.67 bits per heavy atom. The predicted octanol–water partition coefficient (Wildman–Crippen LogP) is 3.03. The summed E-state index contributed by atoms with van der Waals surface area (Å²) in [5.74, 6) is 0.959. The van der Waals surface area contributed by atoms with Crippen LogP contribution in [0.1, 0.15) is 12.5 Å². The average Bonchev–Trinajstić information content (AvgIpc) is 2.63. The van der Waals surface area contributed by atoms with Gasteiger partial charge in [0.25, 0.3) is 0 Å². The van der Waals surface area contributed by atoms with Crippen LogP contribution in [0.15, 0.2) is 48.5 Å². The summed E-state index contributed by atoms with van der Waals surface area (Å²) in [5.41, 5.74) is 9.15. The minimum atomic E-state index is 0.536. The van der Waals surface area contributed by atoms with Crippen LogP contribution in [-0.4, -0.2) is 44.2 Å². The third-order valence-electron chi connectivity index (χ3n) is 4.87. The molecule has 24 heavy (non-hydrogen) atoms. The number of hydrogen-bond donors (Lipinski definition) is 1. The summed E-state index contributed by atoms with van der Waals surface area (Å²) < 4.78 is 5.50. The van der Waals surface area contributed by atoms with E-state index in [2.05, 4.69) is 41.0 Å². The van der Waals surface area contributed by atoms with Crippen molar-refractivity contribution >= 4 is 11.4 Å². The second-order valence-corrected chi connectivity index (χ2v) is 6.49. The molecular weight excluding hydrogens is 298 g/mol. The van der Waals surface area contributed by atoms with Crippen molar-refractivity contribution in [3.63, 3.8) is 0 Å². The van der Waals surface area contributed by atoms with E-state index in [9.17, 15) is 0 Å². The predicted molar refractivity (Wildman–Crippen MR) is 101 cm³/mol. The maximum absolute atomic E-state index is 5.77. The van der Waals surface area contributed by atoms with Crippen molar-refractivity contribution in [2.75, 3.05) is 43.9 Å². The molecule has 1 saturated heterocycles. The number of ether oxygens (including phenoxy) is 1. The molecule has 0 aliphatic carbocycles. The number of para-hydroxylation sites is 2. The molecule has 2 N–H and O–H groups in total. The van der Waals surface area contributed by atoms with Gasteiger partial charge in [-0.2, -0.15) is 0 Å². The third kappa shape index (κ3) is 3.82. The molecule has 1 fully saturated rings. The fraction of sp³-hybridized carbons (Fsp3) is 0.400. The number of nitrogen functional groups attached to an aromatic ring is 1. The summed E-state index contributed by atoms with van der Waals surface area (Å²) in [7, 11) is 1.74. The minimum absolute atomic E-state index is 0.536. The number of methoxy groups -OCH3 is 1. The van der Waals surface area contributed by atoms with Gasteiger partial charge in [0, 0.05) is 37.9 Å². The Kier molecular flexibility index (Phi) is 5.26. The standard InChI is InChI=1S/C20H27N3O/c1-16(15-17-7-9-18(21)10-8-17)22-11-13-23(14-12-22)19-5-3-4-6-20(19)24-2/h3-10,16H,11-15,21H2,1-2H3. The van der Waals surface area contributed by atoms with Crippen molar-refractivity contribution in [3.05, 3.63) is 54.1 Å². The van der Waals surface area contributed by atoms with Gasteiger partial charge in [-0.1, -0.05) is 24.3 Å². The molecule has 4 heteroatoms. The Bertz CT molecular complexity index is 648. The molecule has 0 saturated carbocycles. The third-order valence-corrected chi connectivity index (χ3v) is 4.87. The number of rotatable bonds is 5. The fourth-order valence-corrected chi connectivity index (χ4v) is 3.42. The highest BCUT2D eigenvalue weighted by Crippen LogP contribution is 2.28. The van der Waals surface area contributed by atoms with Crippen LogP contribution in [0, 0.1) is 0 Å². The first kappa shape index (κ1) is 16.7. The van der Waals surface area contributed by atoms with Gasteiger partial charge in [0.15, 0.2) is 0 Å². The molecule has 1 heterocycles. The first-order valence-corrected chi connectivity index (χ1v) is 8.64. The molecule has 4 nitrogen and oxygen atoms in total. The molecule has 0 amide bonds. The molecule has 0 bridgehead atoms. The van der Waals surface area contributed by atoms with Gasteiger partial charge in [-0.15, -0.1) is 0 Å². The summed E-state index contributed by atoms with van der Waals surface area (Å²) in [4.78, 5) is 4.99. The quantitative estimate of drug-likeness (QED) is 0.858. The zero-order chi connectivity index (χ0) is 16.9. The van der Waals surface area contributed by atoms with Crippen LogP contribution < -0.4 is 15.4 Å². The Morgan fingerprint density at radius 1 is 1.00 bits per heavy atom. The van der Waals surface area contributed by atoms with Crippen LogP contribution >= 0.6 is 0 Å². The second-order valence-electron chi connectivity index (χ2n) is 6.49. The molecule has 1 atom stereocenters. The zero-order valence-corrected chi connectivity index (χ0v) is 14.6. The first-order valence-electron chi connectivity index (χ1n) is 8.64. The largest absolute Gasteiger partial charge is 0.495 e. The lowest BCUT2D eigenvalue weighted by molar-refractivity contribution is 0.195. The van der Waals surface area contributed by atoms with E-state index < -0.39 is 0 Å². The zero-order valence-electron chi connectivity index (χ0n) is 14.6. The number of benzene rings is 2. The molecule has 1 unspecified atom stereocenters. The van der Waals surface area contributed by atoms with E-state index in [4.69, 9.17) is 10.5 Å². The van der Waals surface area contributed by atoms with Crippen molar-refractivity contribution in [1.29, 1.82) is 0 Å². The van der Waals surface area contributed by atoms with E-state index in [1.807, 2.05) is 24.3 Å². The highest BCUT2D eigenvalue weighted by atomic mass is 16.5. The number of anilines is 2. The monoisotopic (exact) mass is 325 g/mol. The lowest BCUT2D eigenvalue weighted by Gasteiger charge is -2.39. The van der Waals surface area contributed by atoms with Gasteiger partial charge in [0.05, 0.1) is 12.8 Å². The van der Waals surface area contributed by atoms with E-state index in [-0.39, 0.29) is 0 Å². The topological polar surface area (TPSA) is 41.7 Å². The molecule has 0 spiro atoms. The maximum atomic E-state index is 5.77. The Balaban J connectivity index is 1.57. The van der Waals surface area contributed by atoms with Gasteiger partial charge in [0.2, 0.25) is 0 Å². The van der Waals surface area contributed by atoms with Crippen molar-refractivity contribution in [3.8, 4) is 5.75 Å². The smallest absolute Gasteiger partial charge is 0.142 e. The Morgan fingerprint density at radius 3 is 2.33 bits per heavy atom. The molecule has 3 rings (SSSR count). The van der Waals surface area contributed by atoms with E-state index in [1.165, 1.54) is 11.3 Å². The molecule has 2 aromatic rings. The van der Waals surface area contributed by atoms with E-state index >= 15 is 0 Å². The number of nitrogens with zero attached hydrogens (tertiary/aromatic N) is 2. The molecule has 1 aliphatic heterocycles. The summed E-state index contributed by atoms with van der Waals surface area (Å²) in [6.07, 6.45) is 1.06. The highest BCUT2D eigenvalue weighted by Gasteiger charge is 2.22. The van der Waals surface area contributed by atoms with Crippen LogP contribution in [0.2, 0.25) is 0 Å². The molecule has 1 aliphatic rings. The normalized spacial score (nSPS) is 16.8. The molecule has 2 aromatic carbocycles. The lowest BCUT2D eigenvalue weighted by atomic mass is 10.0. The first-order chi connectivity index (χ1) is 11.7. The fourth-order valence-electron chi connectivity index (χ4n) is 3.42. The maximum Gasteiger partial charge on any atom is 0.142 e. The van der Waals surface area contributed by atoms with Gasteiger partial charge in [0.1, 0.15) is 5.75 Å². The van der Waals surface area contributed by atoms with Gasteiger partial charge in [-0.3, -0.25) is 4.90 Å². The van der Waals surface area contributed by atoms with Crippen LogP contribution in [-0.2, 0) is 6.42 Å². The Hall–Kier alpha value is -2.20. The van der Waals surface area contributed by atoms with Crippen LogP contribution in [0.25, 0.3) is 0 Å². The van der Waals surface area contributed by atoms with E-state index in [0.29, 0.717) is 6.04 Å². The van der Waals surface area contributed by atoms with Crippen LogP contribution in [0.4, 0.5) is 11.4 Å². The minimum Gasteiger partial charge on any atom is -0.495 e. The van der Waals surface area contributed by atoms with Crippen LogP contribution in [0.3, 0.4) is 0 Å². The lowest BCUT2D eigenvalue weighted by Crippen LogP contribution is -2.50. The van der Waals surface area contributed by atoms with Crippen LogP contribution in [0.5, 0.6) is 5.75 Å². The Labute approximate surface area is 144 Å². The van der Waals surface area contributed by atoms with Crippen molar-refractivity contribution < 1.29 is 4.74 Å². The van der Waals surface area contributed by atoms with Crippen molar-refractivity contribution in [1.82, 2.24) is 4.90 Å². The molecule has 128 valence electrons. The number of hydrogen-bond acceptors (Lipinski definition) is 4. The summed E-state index contributed by atoms with van der Waals surface area (Å²) in [6.45, 7) is 6.54. The number of nitrogens with two attached hydrogens (primary N) is 1.